The van der Waals surface area contributed by atoms with Gasteiger partial charge in [0.15, 0.2) is 0 Å². The van der Waals surface area contributed by atoms with Gasteiger partial charge in [-0.2, -0.15) is 0 Å². The topological polar surface area (TPSA) is 123 Å². The molecule has 1 aromatic heterocycles. The molecule has 9 nitrogen and oxygen atoms in total. The van der Waals surface area contributed by atoms with E-state index in [0.29, 0.717) is 29.0 Å². The summed E-state index contributed by atoms with van der Waals surface area (Å²) in [7, 11) is 0. The molecular weight excluding hydrogens is 518 g/mol. The van der Waals surface area contributed by atoms with E-state index in [1.807, 2.05) is 56.4 Å². The van der Waals surface area contributed by atoms with Crippen molar-refractivity contribution in [3.8, 4) is 0 Å². The highest BCUT2D eigenvalue weighted by molar-refractivity contribution is 6.26. The van der Waals surface area contributed by atoms with Crippen molar-refractivity contribution in [2.75, 3.05) is 15.5 Å². The molecule has 2 saturated heterocycles. The summed E-state index contributed by atoms with van der Waals surface area (Å²) in [6.45, 7) is 5.35. The Hall–Kier alpha value is -4.76. The van der Waals surface area contributed by atoms with Crippen molar-refractivity contribution in [2.24, 2.45) is 11.8 Å². The van der Waals surface area contributed by atoms with Gasteiger partial charge in [0.1, 0.15) is 5.54 Å². The fraction of sp³-hybridized carbons (Fsp3) is 0.250. The second-order valence-corrected chi connectivity index (χ2v) is 11.3. The third-order valence-electron chi connectivity index (χ3n) is 8.98. The van der Waals surface area contributed by atoms with Crippen LogP contribution in [0, 0.1) is 25.7 Å². The van der Waals surface area contributed by atoms with E-state index in [-0.39, 0.29) is 17.7 Å². The number of nitrogens with one attached hydrogen (secondary N) is 4. The molecule has 3 aliphatic rings. The van der Waals surface area contributed by atoms with E-state index < -0.39 is 29.3 Å². The molecule has 4 heterocycles. The lowest BCUT2D eigenvalue weighted by Crippen LogP contribution is -2.53. The fourth-order valence-electron chi connectivity index (χ4n) is 6.98. The van der Waals surface area contributed by atoms with Gasteiger partial charge in [0, 0.05) is 47.0 Å². The molecule has 4 atom stereocenters. The summed E-state index contributed by atoms with van der Waals surface area (Å²) >= 11 is 0. The number of para-hydroxylation sites is 1. The van der Waals surface area contributed by atoms with Crippen LogP contribution in [0.4, 0.5) is 17.1 Å². The minimum Gasteiger partial charge on any atom is -0.361 e. The van der Waals surface area contributed by atoms with Gasteiger partial charge < -0.3 is 15.6 Å². The van der Waals surface area contributed by atoms with Crippen molar-refractivity contribution < 1.29 is 19.2 Å². The van der Waals surface area contributed by atoms with Gasteiger partial charge >= 0.3 is 0 Å². The molecule has 4 N–H and O–H groups in total. The zero-order chi connectivity index (χ0) is 28.6. The summed E-state index contributed by atoms with van der Waals surface area (Å²) in [5.74, 6) is -2.98. The molecule has 0 aliphatic carbocycles. The molecule has 1 spiro atoms. The smallest absolute Gasteiger partial charge is 0.250 e. The molecule has 0 bridgehead atoms. The van der Waals surface area contributed by atoms with Gasteiger partial charge in [-0.25, -0.2) is 4.90 Å². The second-order valence-electron chi connectivity index (χ2n) is 11.3. The van der Waals surface area contributed by atoms with Crippen LogP contribution in [0.3, 0.4) is 0 Å². The minimum absolute atomic E-state index is 0.217. The molecule has 4 amide bonds. The van der Waals surface area contributed by atoms with E-state index in [4.69, 9.17) is 0 Å². The Morgan fingerprint density at radius 3 is 2.49 bits per heavy atom. The van der Waals surface area contributed by atoms with Crippen molar-refractivity contribution in [2.45, 2.75) is 38.8 Å². The first-order chi connectivity index (χ1) is 19.7. The number of rotatable bonds is 4. The zero-order valence-electron chi connectivity index (χ0n) is 22.9. The third kappa shape index (κ3) is 3.52. The maximum atomic E-state index is 14.3. The highest BCUT2D eigenvalue weighted by Crippen LogP contribution is 2.54. The van der Waals surface area contributed by atoms with Crippen molar-refractivity contribution in [3.05, 3.63) is 89.1 Å². The predicted octanol–water partition coefficient (Wildman–Crippen LogP) is 3.91. The van der Waals surface area contributed by atoms with Gasteiger partial charge in [0.25, 0.3) is 0 Å². The van der Waals surface area contributed by atoms with Crippen LogP contribution in [0.15, 0.2) is 66.9 Å². The first kappa shape index (κ1) is 25.2. The first-order valence-corrected chi connectivity index (χ1v) is 13.7. The monoisotopic (exact) mass is 547 g/mol. The number of nitrogens with zero attached hydrogens (tertiary/aromatic N) is 1. The number of hydrogen-bond acceptors (Lipinski definition) is 5. The molecule has 2 fully saturated rings. The Kier molecular flexibility index (Phi) is 5.46. The Balaban J connectivity index is 1.35. The molecule has 0 saturated carbocycles. The van der Waals surface area contributed by atoms with Crippen molar-refractivity contribution in [1.29, 1.82) is 0 Å². The molecule has 41 heavy (non-hydrogen) atoms. The summed E-state index contributed by atoms with van der Waals surface area (Å²) in [6.07, 6.45) is 2.39. The third-order valence-corrected chi connectivity index (χ3v) is 8.98. The fourth-order valence-corrected chi connectivity index (χ4v) is 6.98. The van der Waals surface area contributed by atoms with Crippen LogP contribution in [0.1, 0.15) is 29.2 Å². The Bertz CT molecular complexity index is 1790. The van der Waals surface area contributed by atoms with Crippen molar-refractivity contribution in [3.63, 3.8) is 0 Å². The number of benzene rings is 3. The second kappa shape index (κ2) is 8.87. The number of imide groups is 1. The van der Waals surface area contributed by atoms with Crippen LogP contribution >= 0.6 is 0 Å². The van der Waals surface area contributed by atoms with E-state index in [2.05, 4.69) is 20.9 Å². The molecule has 9 heteroatoms. The quantitative estimate of drug-likeness (QED) is 0.289. The number of fused-ring (bicyclic) bond motifs is 5. The Morgan fingerprint density at radius 2 is 1.73 bits per heavy atom. The number of H-pyrrole nitrogens is 1. The van der Waals surface area contributed by atoms with Gasteiger partial charge in [-0.3, -0.25) is 24.5 Å². The van der Waals surface area contributed by atoms with Gasteiger partial charge in [0.2, 0.25) is 23.6 Å². The molecule has 4 aromatic rings. The highest BCUT2D eigenvalue weighted by atomic mass is 16.2. The zero-order valence-corrected chi connectivity index (χ0v) is 22.9. The number of carbonyl (C=O) groups is 4. The van der Waals surface area contributed by atoms with Crippen LogP contribution in [-0.2, 0) is 31.1 Å². The number of aromatic amines is 1. The number of carbonyl (C=O) groups excluding carboxylic acids is 4. The molecule has 206 valence electrons. The Labute approximate surface area is 236 Å². The van der Waals surface area contributed by atoms with E-state index >= 15 is 0 Å². The summed E-state index contributed by atoms with van der Waals surface area (Å²) in [6, 6.07) is 17.9. The minimum atomic E-state index is -1.38. The molecule has 7 rings (SSSR count). The SMILES string of the molecule is CC(=O)Nc1ccc(N2C(=O)[C@H]3[C@@H](C2=O)[C@]2(N[C@@H]3Cc3c[nH]c4ccccc34)C(=O)Nc3c2ccc(C)c3C)cc1. The maximum Gasteiger partial charge on any atom is 0.250 e. The van der Waals surface area contributed by atoms with Crippen LogP contribution in [-0.4, -0.2) is 34.7 Å². The summed E-state index contributed by atoms with van der Waals surface area (Å²) in [5, 5.41) is 10.3. The summed E-state index contributed by atoms with van der Waals surface area (Å²) < 4.78 is 0. The molecule has 0 radical (unpaired) electrons. The molecular formula is C32H29N5O4. The average Bonchev–Trinajstić information content (AvgIpc) is 3.66. The van der Waals surface area contributed by atoms with Gasteiger partial charge in [-0.15, -0.1) is 0 Å². The number of anilines is 3. The number of aryl methyl sites for hydroxylation is 1. The highest BCUT2D eigenvalue weighted by Gasteiger charge is 2.70. The van der Waals surface area contributed by atoms with Gasteiger partial charge in [0.05, 0.1) is 17.5 Å². The lowest BCUT2D eigenvalue weighted by Gasteiger charge is -2.29. The Morgan fingerprint density at radius 1 is 0.976 bits per heavy atom. The maximum absolute atomic E-state index is 14.3. The van der Waals surface area contributed by atoms with Crippen LogP contribution in [0.2, 0.25) is 0 Å². The number of aromatic nitrogens is 1. The summed E-state index contributed by atoms with van der Waals surface area (Å²) in [5.41, 5.74) is 4.94. The van der Waals surface area contributed by atoms with E-state index in [9.17, 15) is 19.2 Å². The lowest BCUT2D eigenvalue weighted by atomic mass is 9.75. The van der Waals surface area contributed by atoms with Crippen LogP contribution in [0.5, 0.6) is 0 Å². The van der Waals surface area contributed by atoms with Gasteiger partial charge in [-0.1, -0.05) is 30.3 Å². The number of amides is 4. The van der Waals surface area contributed by atoms with Crippen molar-refractivity contribution >= 4 is 51.6 Å². The summed E-state index contributed by atoms with van der Waals surface area (Å²) in [4.78, 5) is 58.4. The first-order valence-electron chi connectivity index (χ1n) is 13.7. The van der Waals surface area contributed by atoms with E-state index in [1.165, 1.54) is 11.8 Å². The van der Waals surface area contributed by atoms with Crippen LogP contribution in [0.25, 0.3) is 10.9 Å². The van der Waals surface area contributed by atoms with E-state index in [0.717, 1.165) is 27.6 Å². The van der Waals surface area contributed by atoms with Crippen LogP contribution < -0.4 is 20.9 Å². The molecule has 0 unspecified atom stereocenters. The normalized spacial score (nSPS) is 24.7. The molecule has 3 aromatic carbocycles. The largest absolute Gasteiger partial charge is 0.361 e. The number of hydrogen-bond donors (Lipinski definition) is 4. The van der Waals surface area contributed by atoms with Crippen molar-refractivity contribution in [1.82, 2.24) is 10.3 Å². The average molecular weight is 548 g/mol. The van der Waals surface area contributed by atoms with E-state index in [1.54, 1.807) is 24.3 Å². The lowest BCUT2D eigenvalue weighted by molar-refractivity contribution is -0.130. The standard InChI is InChI=1S/C32H29N5O4/c1-16-8-13-23-28(17(16)2)35-31(41)32(23)27-26(25(36-32)14-19-15-33-24-7-5-4-6-22(19)24)29(39)37(30(27)40)21-11-9-20(10-12-21)34-18(3)38/h4-13,15,25-27,33,36H,14H2,1-3H3,(H,34,38)(H,35,41)/t25-,26-,27+,32+/m1/s1. The predicted molar refractivity (Wildman–Crippen MR) is 155 cm³/mol. The molecule has 3 aliphatic heterocycles. The van der Waals surface area contributed by atoms with Gasteiger partial charge in [-0.05, 0) is 67.3 Å².